The minimum absolute atomic E-state index is 0.0851. The number of nitrogens with two attached hydrogens (primary N) is 1. The maximum absolute atomic E-state index is 12.1. The van der Waals surface area contributed by atoms with E-state index in [1.807, 2.05) is 12.1 Å². The molecule has 6 rings (SSSR count). The van der Waals surface area contributed by atoms with Crippen molar-refractivity contribution >= 4 is 11.9 Å². The Morgan fingerprint density at radius 1 is 1.04 bits per heavy atom. The largest absolute Gasteiger partial charge is 0.504 e. The van der Waals surface area contributed by atoms with Gasteiger partial charge in [-0.3, -0.25) is 9.69 Å². The number of benzene rings is 1. The third-order valence-electron chi connectivity index (χ3n) is 11.2. The summed E-state index contributed by atoms with van der Waals surface area (Å²) in [6, 6.07) is 5.47. The number of hydrogen-bond acceptors (Lipinski definition) is 11. The van der Waals surface area contributed by atoms with Crippen molar-refractivity contribution in [2.45, 2.75) is 109 Å². The van der Waals surface area contributed by atoms with Crippen LogP contribution < -0.4 is 21.1 Å². The van der Waals surface area contributed by atoms with Gasteiger partial charge in [0.1, 0.15) is 12.2 Å². The summed E-state index contributed by atoms with van der Waals surface area (Å²) in [5.74, 6) is 3.07. The number of hydrogen-bond donors (Lipinski definition) is 5. The lowest BCUT2D eigenvalue weighted by Gasteiger charge is -2.46. The van der Waals surface area contributed by atoms with Crippen LogP contribution in [0.15, 0.2) is 23.2 Å². The summed E-state index contributed by atoms with van der Waals surface area (Å²) in [5.41, 5.74) is 7.40. The Hall–Kier alpha value is -2.60. The Bertz CT molecular complexity index is 1180. The zero-order valence-corrected chi connectivity index (χ0v) is 30.2. The van der Waals surface area contributed by atoms with E-state index in [4.69, 9.17) is 20.2 Å². The third kappa shape index (κ3) is 12.3. The van der Waals surface area contributed by atoms with Gasteiger partial charge < -0.3 is 41.0 Å². The predicted octanol–water partition coefficient (Wildman–Crippen LogP) is 3.86. The molecule has 49 heavy (non-hydrogen) atoms. The van der Waals surface area contributed by atoms with E-state index in [-0.39, 0.29) is 17.8 Å². The van der Waals surface area contributed by atoms with Crippen LogP contribution >= 0.6 is 0 Å². The number of unbranched alkanes of at least 4 members (excludes halogenated alkanes) is 2. The minimum Gasteiger partial charge on any atom is -0.504 e. The second kappa shape index (κ2) is 19.1. The van der Waals surface area contributed by atoms with Crippen molar-refractivity contribution in [1.29, 1.82) is 0 Å². The van der Waals surface area contributed by atoms with Gasteiger partial charge >= 0.3 is 5.97 Å². The molecular formula is C38H64N6O5. The van der Waals surface area contributed by atoms with E-state index >= 15 is 0 Å². The van der Waals surface area contributed by atoms with Crippen LogP contribution in [0.2, 0.25) is 0 Å². The molecule has 0 radical (unpaired) electrons. The molecule has 276 valence electrons. The number of carbonyl (C=O) groups is 1. The molecule has 3 saturated heterocycles. The molecule has 0 aromatic heterocycles. The van der Waals surface area contributed by atoms with Gasteiger partial charge in [-0.25, -0.2) is 4.99 Å². The molecule has 11 nitrogen and oxygen atoms in total. The van der Waals surface area contributed by atoms with Gasteiger partial charge in [0.2, 0.25) is 0 Å². The van der Waals surface area contributed by atoms with Crippen LogP contribution in [0.3, 0.4) is 0 Å². The van der Waals surface area contributed by atoms with Gasteiger partial charge in [0.05, 0.1) is 12.8 Å². The van der Waals surface area contributed by atoms with Gasteiger partial charge in [-0.15, -0.1) is 0 Å². The summed E-state index contributed by atoms with van der Waals surface area (Å²) < 4.78 is 11.9. The molecule has 5 aliphatic rings. The fraction of sp³-hybridized carbons (Fsp3) is 0.789. The zero-order valence-electron chi connectivity index (χ0n) is 30.2. The third-order valence-corrected chi connectivity index (χ3v) is 11.2. The number of nitrogens with one attached hydrogen (secondary N) is 2. The first-order valence-electron chi connectivity index (χ1n) is 19.3. The summed E-state index contributed by atoms with van der Waals surface area (Å²) in [4.78, 5) is 22.0. The van der Waals surface area contributed by atoms with E-state index in [0.717, 1.165) is 77.2 Å². The summed E-state index contributed by atoms with van der Waals surface area (Å²) >= 11 is 0. The maximum atomic E-state index is 12.1. The van der Waals surface area contributed by atoms with Gasteiger partial charge in [0, 0.05) is 52.6 Å². The number of aromatic hydroxyl groups is 1. The molecule has 6 N–H and O–H groups in total. The number of aryl methyl sites for hydroxylation is 1. The number of esters is 1. The van der Waals surface area contributed by atoms with Crippen molar-refractivity contribution in [2.24, 2.45) is 34.4 Å². The Morgan fingerprint density at radius 3 is 2.53 bits per heavy atom. The van der Waals surface area contributed by atoms with E-state index in [1.54, 1.807) is 6.07 Å². The Morgan fingerprint density at radius 2 is 1.80 bits per heavy atom. The minimum atomic E-state index is -0.589. The van der Waals surface area contributed by atoms with Gasteiger partial charge in [-0.2, -0.15) is 0 Å². The molecule has 5 aliphatic heterocycles. The fourth-order valence-corrected chi connectivity index (χ4v) is 8.71. The highest BCUT2D eigenvalue weighted by molar-refractivity contribution is 5.77. The van der Waals surface area contributed by atoms with Gasteiger partial charge in [-0.05, 0) is 106 Å². The Kier molecular flexibility index (Phi) is 14.7. The molecule has 1 aromatic carbocycles. The van der Waals surface area contributed by atoms with Crippen LogP contribution in [-0.4, -0.2) is 109 Å². The summed E-state index contributed by atoms with van der Waals surface area (Å²) in [6.07, 6.45) is 10.2. The Balaban J connectivity index is 1.20. The highest BCUT2D eigenvalue weighted by Crippen LogP contribution is 2.33. The van der Waals surface area contributed by atoms with E-state index in [1.165, 1.54) is 39.0 Å². The number of rotatable bonds is 15. The van der Waals surface area contributed by atoms with Crippen molar-refractivity contribution in [2.75, 3.05) is 59.0 Å². The van der Waals surface area contributed by atoms with Crippen molar-refractivity contribution in [3.8, 4) is 11.5 Å². The highest BCUT2D eigenvalue weighted by atomic mass is 16.5. The molecule has 3 fully saturated rings. The number of phenols is 1. The quantitative estimate of drug-likeness (QED) is 0.137. The normalized spacial score (nSPS) is 29.1. The maximum Gasteiger partial charge on any atom is 0.302 e. The number of guanidine groups is 1. The molecule has 0 amide bonds. The average molecular weight is 685 g/mol. The summed E-state index contributed by atoms with van der Waals surface area (Å²) in [5, 5.41) is 28.6. The molecule has 1 aromatic rings. The van der Waals surface area contributed by atoms with E-state index in [2.05, 4.69) is 27.4 Å². The van der Waals surface area contributed by atoms with Gasteiger partial charge in [0.25, 0.3) is 0 Å². The zero-order chi connectivity index (χ0) is 34.6. The number of nitrogens with zero attached hydrogens (tertiary/aromatic N) is 3. The van der Waals surface area contributed by atoms with Crippen molar-refractivity contribution < 1.29 is 24.5 Å². The average Bonchev–Trinajstić information content (AvgIpc) is 3.08. The molecule has 5 heterocycles. The SMILES string of the molecule is CCCCCC1CN2CC3CC(CN(CN=C(N)NCC1CCC(O)CC(CCc1ccc(O)c(OC4CCNCC4)c1)OC(C)=O)C3)C2. The molecule has 4 bridgehead atoms. The van der Waals surface area contributed by atoms with Crippen molar-refractivity contribution in [3.05, 3.63) is 23.8 Å². The van der Waals surface area contributed by atoms with Crippen LogP contribution in [0.5, 0.6) is 11.5 Å². The smallest absolute Gasteiger partial charge is 0.302 e. The molecule has 0 spiro atoms. The lowest BCUT2D eigenvalue weighted by molar-refractivity contribution is -0.148. The lowest BCUT2D eigenvalue weighted by atomic mass is 9.80. The first-order valence-corrected chi connectivity index (χ1v) is 19.3. The highest BCUT2D eigenvalue weighted by Gasteiger charge is 2.36. The number of phenolic OH excluding ortho intramolecular Hbond substituents is 1. The first kappa shape index (κ1) is 37.7. The van der Waals surface area contributed by atoms with Gasteiger partial charge in [0.15, 0.2) is 17.5 Å². The molecule has 6 unspecified atom stereocenters. The molecule has 11 heteroatoms. The molecule has 0 saturated carbocycles. The van der Waals surface area contributed by atoms with Crippen molar-refractivity contribution in [1.82, 2.24) is 20.4 Å². The van der Waals surface area contributed by atoms with Crippen LogP contribution in [0.1, 0.15) is 90.0 Å². The standard InChI is InChI=1S/C38H64N6O5/c1-3-4-5-6-32-25-43-21-29-17-30(22-43)24-44(23-29)26-42-38(39)41-20-31(32)9-10-33(46)19-35(48-27(2)45)11-7-28-8-12-36(47)37(18-28)49-34-13-15-40-16-14-34/h8,12,18,29-35,40,46-47H,3-7,9-11,13-17,19-26H2,1-2H3,(H3,39,41,42). The molecule has 0 aliphatic carbocycles. The van der Waals surface area contributed by atoms with Crippen LogP contribution in [-0.2, 0) is 16.0 Å². The topological polar surface area (TPSA) is 145 Å². The van der Waals surface area contributed by atoms with Crippen molar-refractivity contribution in [3.63, 3.8) is 0 Å². The molecular weight excluding hydrogens is 620 g/mol. The second-order valence-corrected chi connectivity index (χ2v) is 15.4. The van der Waals surface area contributed by atoms with Gasteiger partial charge in [-0.1, -0.05) is 32.3 Å². The molecule has 6 atom stereocenters. The predicted molar refractivity (Wildman–Crippen MR) is 194 cm³/mol. The van der Waals surface area contributed by atoms with Crippen LogP contribution in [0.25, 0.3) is 0 Å². The fourth-order valence-electron chi connectivity index (χ4n) is 8.71. The number of piperidine rings is 3. The van der Waals surface area contributed by atoms with E-state index in [0.29, 0.717) is 67.7 Å². The van der Waals surface area contributed by atoms with E-state index < -0.39 is 12.2 Å². The number of ether oxygens (including phenoxy) is 2. The number of aliphatic imine (C=N–C) groups is 1. The monoisotopic (exact) mass is 684 g/mol. The lowest BCUT2D eigenvalue weighted by Crippen LogP contribution is -2.53. The van der Waals surface area contributed by atoms with E-state index in [9.17, 15) is 15.0 Å². The number of carbonyl (C=O) groups excluding carboxylic acids is 1. The van der Waals surface area contributed by atoms with Crippen LogP contribution in [0.4, 0.5) is 0 Å². The number of aliphatic hydroxyl groups is 1. The van der Waals surface area contributed by atoms with Crippen LogP contribution in [0, 0.1) is 23.7 Å². The summed E-state index contributed by atoms with van der Waals surface area (Å²) in [7, 11) is 0. The Labute approximate surface area is 294 Å². The first-order chi connectivity index (χ1) is 23.7. The number of fused-ring (bicyclic) bond motifs is 6. The second-order valence-electron chi connectivity index (χ2n) is 15.4. The summed E-state index contributed by atoms with van der Waals surface area (Å²) in [6.45, 7) is 12.5. The number of aliphatic hydroxyl groups excluding tert-OH is 1.